The summed E-state index contributed by atoms with van der Waals surface area (Å²) in [5.74, 6) is 0.695. The Morgan fingerprint density at radius 1 is 1.36 bits per heavy atom. The Morgan fingerprint density at radius 3 is 2.43 bits per heavy atom. The van der Waals surface area contributed by atoms with Gasteiger partial charge in [-0.1, -0.05) is 0 Å². The fourth-order valence-electron chi connectivity index (χ4n) is 1.88. The van der Waals surface area contributed by atoms with Crippen LogP contribution in [-0.2, 0) is 9.84 Å². The predicted molar refractivity (Wildman–Crippen MR) is 56.9 cm³/mol. The molecule has 0 aromatic heterocycles. The zero-order chi connectivity index (χ0) is 10.8. The van der Waals surface area contributed by atoms with Crippen LogP contribution in [0.25, 0.3) is 0 Å². The van der Waals surface area contributed by atoms with Gasteiger partial charge in [-0.25, -0.2) is 8.42 Å². The van der Waals surface area contributed by atoms with Crippen molar-refractivity contribution in [3.05, 3.63) is 0 Å². The summed E-state index contributed by atoms with van der Waals surface area (Å²) in [6.07, 6.45) is 3.13. The standard InChI is InChI=1S/C10H20O3S/c1-8(2)14(12,13)6-5-9-3-4-10(11)7-9/h8-11H,3-7H2,1-2H3. The van der Waals surface area contributed by atoms with Crippen LogP contribution in [0.5, 0.6) is 0 Å². The van der Waals surface area contributed by atoms with Crippen molar-refractivity contribution in [3.8, 4) is 0 Å². The van der Waals surface area contributed by atoms with Crippen LogP contribution in [0.1, 0.15) is 39.5 Å². The van der Waals surface area contributed by atoms with E-state index in [4.69, 9.17) is 0 Å². The smallest absolute Gasteiger partial charge is 0.152 e. The van der Waals surface area contributed by atoms with Crippen LogP contribution in [0.3, 0.4) is 0 Å². The first kappa shape index (κ1) is 12.0. The van der Waals surface area contributed by atoms with Crippen LogP contribution in [-0.4, -0.2) is 30.6 Å². The molecule has 0 heterocycles. The molecule has 0 saturated heterocycles. The Kier molecular flexibility index (Phi) is 3.95. The molecule has 1 rings (SSSR count). The summed E-state index contributed by atoms with van der Waals surface area (Å²) in [5, 5.41) is 9.02. The lowest BCUT2D eigenvalue weighted by Crippen LogP contribution is -2.19. The van der Waals surface area contributed by atoms with Gasteiger partial charge in [0.2, 0.25) is 0 Å². The molecular weight excluding hydrogens is 200 g/mol. The van der Waals surface area contributed by atoms with Gasteiger partial charge in [0, 0.05) is 0 Å². The maximum atomic E-state index is 11.5. The van der Waals surface area contributed by atoms with Gasteiger partial charge >= 0.3 is 0 Å². The highest BCUT2D eigenvalue weighted by Crippen LogP contribution is 2.28. The van der Waals surface area contributed by atoms with E-state index in [2.05, 4.69) is 0 Å². The van der Waals surface area contributed by atoms with Crippen molar-refractivity contribution in [1.82, 2.24) is 0 Å². The lowest BCUT2D eigenvalue weighted by Gasteiger charge is -2.11. The predicted octanol–water partition coefficient (Wildman–Crippen LogP) is 1.36. The molecule has 0 aromatic rings. The summed E-state index contributed by atoms with van der Waals surface area (Å²) in [7, 11) is -2.88. The molecule has 4 heteroatoms. The Balaban J connectivity index is 2.34. The maximum absolute atomic E-state index is 11.5. The van der Waals surface area contributed by atoms with Gasteiger partial charge in [0.05, 0.1) is 17.1 Å². The van der Waals surface area contributed by atoms with Crippen LogP contribution in [0.15, 0.2) is 0 Å². The Hall–Kier alpha value is -0.0900. The number of aliphatic hydroxyl groups is 1. The van der Waals surface area contributed by atoms with Crippen molar-refractivity contribution >= 4 is 9.84 Å². The molecule has 0 aromatic carbocycles. The van der Waals surface area contributed by atoms with Gasteiger partial charge in [-0.3, -0.25) is 0 Å². The fraction of sp³-hybridized carbons (Fsp3) is 1.00. The molecule has 3 nitrogen and oxygen atoms in total. The number of hydrogen-bond acceptors (Lipinski definition) is 3. The summed E-state index contributed by atoms with van der Waals surface area (Å²) in [6.45, 7) is 3.44. The lowest BCUT2D eigenvalue weighted by atomic mass is 10.1. The molecule has 84 valence electrons. The number of rotatable bonds is 4. The first-order valence-electron chi connectivity index (χ1n) is 5.31. The molecule has 2 unspecified atom stereocenters. The minimum absolute atomic E-state index is 0.193. The topological polar surface area (TPSA) is 54.4 Å². The van der Waals surface area contributed by atoms with Gasteiger partial charge in [-0.2, -0.15) is 0 Å². The Bertz CT molecular complexity index is 269. The third-order valence-corrected chi connectivity index (χ3v) is 5.28. The van der Waals surface area contributed by atoms with E-state index >= 15 is 0 Å². The monoisotopic (exact) mass is 220 g/mol. The summed E-state index contributed by atoms with van der Waals surface area (Å²) in [6, 6.07) is 0. The average molecular weight is 220 g/mol. The van der Waals surface area contributed by atoms with E-state index in [1.165, 1.54) is 0 Å². The van der Waals surface area contributed by atoms with Gasteiger partial charge in [0.1, 0.15) is 0 Å². The highest BCUT2D eigenvalue weighted by Gasteiger charge is 2.25. The van der Waals surface area contributed by atoms with Gasteiger partial charge in [-0.05, 0) is 45.4 Å². The number of hydrogen-bond donors (Lipinski definition) is 1. The molecule has 1 aliphatic rings. The van der Waals surface area contributed by atoms with E-state index in [1.807, 2.05) is 0 Å². The fourth-order valence-corrected chi connectivity index (χ4v) is 3.01. The molecule has 14 heavy (non-hydrogen) atoms. The van der Waals surface area contributed by atoms with Crippen molar-refractivity contribution in [2.24, 2.45) is 5.92 Å². The molecule has 0 radical (unpaired) electrons. The first-order chi connectivity index (χ1) is 6.42. The van der Waals surface area contributed by atoms with Crippen molar-refractivity contribution in [2.75, 3.05) is 5.75 Å². The molecule has 1 N–H and O–H groups in total. The average Bonchev–Trinajstić information content (AvgIpc) is 2.48. The summed E-state index contributed by atoms with van der Waals surface area (Å²) < 4.78 is 23.0. The molecule has 1 saturated carbocycles. The highest BCUT2D eigenvalue weighted by molar-refractivity contribution is 7.91. The second kappa shape index (κ2) is 4.62. The largest absolute Gasteiger partial charge is 0.393 e. The van der Waals surface area contributed by atoms with Crippen LogP contribution in [0, 0.1) is 5.92 Å². The first-order valence-corrected chi connectivity index (χ1v) is 7.03. The Labute approximate surface area is 86.4 Å². The summed E-state index contributed by atoms with van der Waals surface area (Å²) >= 11 is 0. The van der Waals surface area contributed by atoms with E-state index in [1.54, 1.807) is 13.8 Å². The second-order valence-electron chi connectivity index (χ2n) is 4.54. The normalized spacial score (nSPS) is 28.6. The number of sulfone groups is 1. The molecule has 1 aliphatic carbocycles. The van der Waals surface area contributed by atoms with Crippen molar-refractivity contribution in [1.29, 1.82) is 0 Å². The van der Waals surface area contributed by atoms with Gasteiger partial charge in [0.25, 0.3) is 0 Å². The molecule has 0 spiro atoms. The summed E-state index contributed by atoms with van der Waals surface area (Å²) in [4.78, 5) is 0. The zero-order valence-electron chi connectivity index (χ0n) is 8.94. The van der Waals surface area contributed by atoms with Crippen molar-refractivity contribution in [2.45, 2.75) is 50.9 Å². The van der Waals surface area contributed by atoms with E-state index in [9.17, 15) is 13.5 Å². The van der Waals surface area contributed by atoms with E-state index < -0.39 is 9.84 Å². The minimum atomic E-state index is -2.88. The molecule has 1 fully saturated rings. The zero-order valence-corrected chi connectivity index (χ0v) is 9.76. The maximum Gasteiger partial charge on any atom is 0.152 e. The van der Waals surface area contributed by atoms with Crippen LogP contribution < -0.4 is 0 Å². The molecule has 0 bridgehead atoms. The molecule has 0 aliphatic heterocycles. The van der Waals surface area contributed by atoms with Gasteiger partial charge < -0.3 is 5.11 Å². The third kappa shape index (κ3) is 3.24. The number of aliphatic hydroxyl groups excluding tert-OH is 1. The van der Waals surface area contributed by atoms with Gasteiger partial charge in [0.15, 0.2) is 9.84 Å². The highest BCUT2D eigenvalue weighted by atomic mass is 32.2. The van der Waals surface area contributed by atoms with Crippen LogP contribution in [0.4, 0.5) is 0 Å². The molecule has 0 amide bonds. The van der Waals surface area contributed by atoms with E-state index in [-0.39, 0.29) is 17.1 Å². The second-order valence-corrected chi connectivity index (χ2v) is 7.21. The third-order valence-electron chi connectivity index (χ3n) is 3.04. The van der Waals surface area contributed by atoms with Crippen LogP contribution in [0.2, 0.25) is 0 Å². The quantitative estimate of drug-likeness (QED) is 0.778. The lowest BCUT2D eigenvalue weighted by molar-refractivity contribution is 0.177. The Morgan fingerprint density at radius 2 is 2.00 bits per heavy atom. The van der Waals surface area contributed by atoms with E-state index in [0.29, 0.717) is 5.92 Å². The van der Waals surface area contributed by atoms with Crippen molar-refractivity contribution < 1.29 is 13.5 Å². The summed E-state index contributed by atoms with van der Waals surface area (Å²) in [5.41, 5.74) is 0. The van der Waals surface area contributed by atoms with Crippen molar-refractivity contribution in [3.63, 3.8) is 0 Å². The SMILES string of the molecule is CC(C)S(=O)(=O)CCC1CCC(O)C1. The molecular formula is C10H20O3S. The van der Waals surface area contributed by atoms with Gasteiger partial charge in [-0.15, -0.1) is 0 Å². The van der Waals surface area contributed by atoms with E-state index in [0.717, 1.165) is 25.7 Å². The molecule has 2 atom stereocenters. The minimum Gasteiger partial charge on any atom is -0.393 e. The van der Waals surface area contributed by atoms with Crippen LogP contribution >= 0.6 is 0 Å².